The molecule has 0 N–H and O–H groups in total. The van der Waals surface area contributed by atoms with E-state index in [1.54, 1.807) is 0 Å². The molecule has 7 rings (SSSR count). The van der Waals surface area contributed by atoms with Crippen molar-refractivity contribution in [3.63, 3.8) is 0 Å². The van der Waals surface area contributed by atoms with E-state index in [0.717, 1.165) is 29.1 Å². The summed E-state index contributed by atoms with van der Waals surface area (Å²) in [6, 6.07) is 29.1. The van der Waals surface area contributed by atoms with Crippen LogP contribution in [0.2, 0.25) is 0 Å². The van der Waals surface area contributed by atoms with E-state index in [0.29, 0.717) is 6.04 Å². The van der Waals surface area contributed by atoms with Gasteiger partial charge < -0.3 is 9.80 Å². The van der Waals surface area contributed by atoms with Crippen LogP contribution in [0.5, 0.6) is 0 Å². The van der Waals surface area contributed by atoms with Crippen LogP contribution in [0.25, 0.3) is 29.1 Å². The number of aromatic nitrogens is 1. The van der Waals surface area contributed by atoms with Crippen LogP contribution in [0.15, 0.2) is 138 Å². The van der Waals surface area contributed by atoms with E-state index in [1.807, 2.05) is 21.6 Å². The van der Waals surface area contributed by atoms with Gasteiger partial charge in [-0.15, -0.1) is 0 Å². The quantitative estimate of drug-likeness (QED) is 0.0463. The second-order valence-corrected chi connectivity index (χ2v) is 15.7. The molecule has 2 atom stereocenters. The van der Waals surface area contributed by atoms with Gasteiger partial charge in [-0.25, -0.2) is 4.57 Å². The minimum absolute atomic E-state index is 0.532. The summed E-state index contributed by atoms with van der Waals surface area (Å²) in [7, 11) is 12.7. The number of benzene rings is 3. The van der Waals surface area contributed by atoms with Gasteiger partial charge in [0.2, 0.25) is 5.52 Å². The number of pyridine rings is 1. The maximum atomic E-state index is 2.35. The fraction of sp³-hybridized carbons (Fsp3) is 0.214. The summed E-state index contributed by atoms with van der Waals surface area (Å²) in [6.45, 7) is 2.04. The van der Waals surface area contributed by atoms with Crippen molar-refractivity contribution in [2.45, 2.75) is 6.04 Å². The maximum absolute atomic E-state index is 2.35. The van der Waals surface area contributed by atoms with E-state index >= 15 is 0 Å². The zero-order valence-electron chi connectivity index (χ0n) is 28.3. The molecule has 6 heteroatoms. The van der Waals surface area contributed by atoms with E-state index < -0.39 is 0 Å². The molecule has 3 heterocycles. The van der Waals surface area contributed by atoms with Crippen LogP contribution in [0.1, 0.15) is 16.7 Å². The van der Waals surface area contributed by atoms with Gasteiger partial charge in [-0.3, -0.25) is 4.48 Å². The lowest BCUT2D eigenvalue weighted by atomic mass is 9.98. The molecule has 2 aliphatic heterocycles. The van der Waals surface area contributed by atoms with Crippen molar-refractivity contribution in [2.24, 2.45) is 7.05 Å². The Balaban J connectivity index is 0.820. The molecule has 0 amide bonds. The highest BCUT2D eigenvalue weighted by atomic mass is 33.1. The Kier molecular flexibility index (Phi) is 9.49. The summed E-state index contributed by atoms with van der Waals surface area (Å²) >= 11 is 0. The van der Waals surface area contributed by atoms with Gasteiger partial charge in [-0.05, 0) is 58.7 Å². The molecule has 1 saturated heterocycles. The van der Waals surface area contributed by atoms with Crippen molar-refractivity contribution in [3.8, 4) is 0 Å². The average molecular weight is 669 g/mol. The summed E-state index contributed by atoms with van der Waals surface area (Å²) in [4.78, 5) is 4.70. The maximum Gasteiger partial charge on any atom is 0.212 e. The van der Waals surface area contributed by atoms with Gasteiger partial charge in [-0.2, -0.15) is 0 Å². The van der Waals surface area contributed by atoms with Gasteiger partial charge in [0.1, 0.15) is 13.2 Å². The number of aryl methyl sites for hydroxylation is 1. The Morgan fingerprint density at radius 3 is 2.04 bits per heavy atom. The number of hydrogen-bond acceptors (Lipinski definition) is 4. The standard InChI is InChI=1S/C42H44N4S2/c1-43(36-20-14-32(15-21-36)12-18-34-24-26-45(3)40-10-6-5-8-38(34)40)27-30-47-48-31-28-44(2)37-22-16-33(17-23-37)13-19-35-25-29-46(4)41-11-7-9-39(35)42(41)46/h5-26,29,42H,27-28,30-31H2,1-4H3/q+2/b19-13+. The van der Waals surface area contributed by atoms with Crippen LogP contribution >= 0.6 is 21.6 Å². The van der Waals surface area contributed by atoms with E-state index in [4.69, 9.17) is 0 Å². The fourth-order valence-corrected chi connectivity index (χ4v) is 8.77. The molecule has 0 spiro atoms. The van der Waals surface area contributed by atoms with Crippen molar-refractivity contribution < 1.29 is 9.05 Å². The molecule has 48 heavy (non-hydrogen) atoms. The van der Waals surface area contributed by atoms with Gasteiger partial charge in [0.25, 0.3) is 0 Å². The smallest absolute Gasteiger partial charge is 0.212 e. The number of hydrogen-bond donors (Lipinski definition) is 0. The number of allylic oxidation sites excluding steroid dienone is 5. The van der Waals surface area contributed by atoms with Gasteiger partial charge in [-0.1, -0.05) is 94.4 Å². The van der Waals surface area contributed by atoms with Crippen LogP contribution in [0.3, 0.4) is 0 Å². The highest BCUT2D eigenvalue weighted by Gasteiger charge is 2.61. The molecule has 1 fully saturated rings. The number of nitrogens with zero attached hydrogens (tertiary/aromatic N) is 4. The molecule has 1 aromatic heterocycles. The molecule has 3 aliphatic rings. The highest BCUT2D eigenvalue weighted by Crippen LogP contribution is 2.52. The van der Waals surface area contributed by atoms with Crippen molar-refractivity contribution in [1.29, 1.82) is 0 Å². The minimum Gasteiger partial charge on any atom is -0.374 e. The Morgan fingerprint density at radius 1 is 0.750 bits per heavy atom. The first-order valence-electron chi connectivity index (χ1n) is 16.7. The molecule has 3 aromatic carbocycles. The van der Waals surface area contributed by atoms with Gasteiger partial charge in [0.15, 0.2) is 17.9 Å². The predicted octanol–water partition coefficient (Wildman–Crippen LogP) is 8.91. The normalized spacial score (nSPS) is 19.3. The number of para-hydroxylation sites is 1. The number of quaternary nitrogens is 1. The molecular weight excluding hydrogens is 625 g/mol. The molecule has 0 bridgehead atoms. The first-order chi connectivity index (χ1) is 23.4. The Labute approximate surface area is 293 Å². The minimum atomic E-state index is 0.532. The molecule has 0 saturated carbocycles. The van der Waals surface area contributed by atoms with Crippen molar-refractivity contribution >= 4 is 62.1 Å². The van der Waals surface area contributed by atoms with Gasteiger partial charge in [0, 0.05) is 73.8 Å². The molecule has 242 valence electrons. The summed E-state index contributed by atoms with van der Waals surface area (Å²) in [5.74, 6) is 2.18. The summed E-state index contributed by atoms with van der Waals surface area (Å²) in [5.41, 5.74) is 11.7. The zero-order chi connectivity index (χ0) is 33.1. The van der Waals surface area contributed by atoms with Crippen LogP contribution in [-0.2, 0) is 7.05 Å². The third-order valence-corrected chi connectivity index (χ3v) is 12.2. The van der Waals surface area contributed by atoms with Crippen molar-refractivity contribution in [3.05, 3.63) is 155 Å². The van der Waals surface area contributed by atoms with Crippen molar-refractivity contribution in [2.75, 3.05) is 55.5 Å². The Morgan fingerprint density at radius 2 is 1.38 bits per heavy atom. The van der Waals surface area contributed by atoms with Crippen LogP contribution in [-0.4, -0.2) is 56.3 Å². The third kappa shape index (κ3) is 6.84. The lowest BCUT2D eigenvalue weighted by Crippen LogP contribution is -2.28. The highest BCUT2D eigenvalue weighted by molar-refractivity contribution is 8.76. The lowest BCUT2D eigenvalue weighted by Gasteiger charge is -2.20. The van der Waals surface area contributed by atoms with Gasteiger partial charge in [0.05, 0.1) is 12.4 Å². The Bertz CT molecular complexity index is 1980. The lowest BCUT2D eigenvalue weighted by molar-refractivity contribution is -0.711. The van der Waals surface area contributed by atoms with E-state index in [1.165, 1.54) is 55.8 Å². The van der Waals surface area contributed by atoms with Crippen LogP contribution in [0.4, 0.5) is 11.4 Å². The number of rotatable bonds is 13. The molecule has 4 nitrogen and oxygen atoms in total. The monoisotopic (exact) mass is 668 g/mol. The molecular formula is C42H44N4S2+2. The molecule has 1 aliphatic carbocycles. The predicted molar refractivity (Wildman–Crippen MR) is 211 cm³/mol. The largest absolute Gasteiger partial charge is 0.374 e. The van der Waals surface area contributed by atoms with E-state index in [9.17, 15) is 0 Å². The topological polar surface area (TPSA) is 10.4 Å². The van der Waals surface area contributed by atoms with Gasteiger partial charge >= 0.3 is 0 Å². The second kappa shape index (κ2) is 14.1. The molecule has 0 radical (unpaired) electrons. The average Bonchev–Trinajstić information content (AvgIpc) is 3.74. The van der Waals surface area contributed by atoms with E-state index in [2.05, 4.69) is 182 Å². The first kappa shape index (κ1) is 32.3. The van der Waals surface area contributed by atoms with E-state index in [-0.39, 0.29) is 0 Å². The summed E-state index contributed by atoms with van der Waals surface area (Å²) in [5, 5.41) is 1.27. The third-order valence-electron chi connectivity index (χ3n) is 9.79. The number of anilines is 2. The second-order valence-electron chi connectivity index (χ2n) is 13.0. The van der Waals surface area contributed by atoms with Crippen LogP contribution < -0.4 is 14.4 Å². The molecule has 4 aromatic rings. The zero-order valence-corrected chi connectivity index (χ0v) is 29.9. The SMILES string of the molecule is CN(CCSSCCN(C)c1ccc(/C=C/c2cc[n+](C)c3ccccc23)cc1)c1ccc(/C=C/C2=C3C=CC=C4C3[N+]4(C)C=C2)cc1. The van der Waals surface area contributed by atoms with Crippen LogP contribution in [0, 0.1) is 0 Å². The van der Waals surface area contributed by atoms with Crippen molar-refractivity contribution in [1.82, 2.24) is 0 Å². The number of likely N-dealkylation sites (N-methyl/N-ethyl adjacent to an activating group) is 1. The molecule has 2 unspecified atom stereocenters. The number of fused-ring (bicyclic) bond motifs is 2. The first-order valence-corrected chi connectivity index (χ1v) is 19.2. The summed E-state index contributed by atoms with van der Waals surface area (Å²) in [6.07, 6.45) is 22.4. The Hall–Kier alpha value is -4.23. The fourth-order valence-electron chi connectivity index (χ4n) is 6.68. The summed E-state index contributed by atoms with van der Waals surface area (Å²) < 4.78 is 3.12.